The topological polar surface area (TPSA) is 63.9 Å². The molecule has 2 heterocycles. The molecule has 0 radical (unpaired) electrons. The lowest BCUT2D eigenvalue weighted by Gasteiger charge is -2.23. The average Bonchev–Trinajstić information content (AvgIpc) is 3.04. The van der Waals surface area contributed by atoms with Crippen LogP contribution in [-0.2, 0) is 11.3 Å². The van der Waals surface area contributed by atoms with Gasteiger partial charge in [-0.25, -0.2) is 4.68 Å². The molecule has 0 spiro atoms. The number of rotatable bonds is 7. The maximum absolute atomic E-state index is 12.7. The van der Waals surface area contributed by atoms with Gasteiger partial charge in [0, 0.05) is 11.4 Å². The summed E-state index contributed by atoms with van der Waals surface area (Å²) in [5.74, 6) is 0.131. The van der Waals surface area contributed by atoms with Gasteiger partial charge >= 0.3 is 0 Å². The summed E-state index contributed by atoms with van der Waals surface area (Å²) in [5, 5.41) is 14.4. The summed E-state index contributed by atoms with van der Waals surface area (Å²) in [6.07, 6.45) is 2.25. The predicted molar refractivity (Wildman–Crippen MR) is 86.8 cm³/mol. The summed E-state index contributed by atoms with van der Waals surface area (Å²) >= 11 is 3.13. The van der Waals surface area contributed by atoms with Gasteiger partial charge in [-0.15, -0.1) is 16.4 Å². The highest BCUT2D eigenvalue weighted by Gasteiger charge is 2.30. The van der Waals surface area contributed by atoms with E-state index in [0.717, 1.165) is 18.0 Å². The van der Waals surface area contributed by atoms with Crippen molar-refractivity contribution in [1.82, 2.24) is 25.1 Å². The molecule has 6 nitrogen and oxygen atoms in total. The third-order valence-electron chi connectivity index (χ3n) is 3.61. The summed E-state index contributed by atoms with van der Waals surface area (Å²) in [5.41, 5.74) is 0. The van der Waals surface area contributed by atoms with E-state index in [1.807, 2.05) is 34.9 Å². The highest BCUT2D eigenvalue weighted by molar-refractivity contribution is 8.00. The number of aromatic nitrogens is 4. The molecule has 22 heavy (non-hydrogen) atoms. The van der Waals surface area contributed by atoms with Crippen molar-refractivity contribution >= 4 is 29.0 Å². The van der Waals surface area contributed by atoms with E-state index in [1.54, 1.807) is 11.3 Å². The number of carbonyl (C=O) groups is 1. The number of thioether (sulfide) groups is 1. The molecular weight excluding hydrogens is 318 g/mol. The second-order valence-corrected chi connectivity index (χ2v) is 7.67. The van der Waals surface area contributed by atoms with E-state index in [1.165, 1.54) is 16.6 Å². The number of tetrazole rings is 1. The molecule has 1 unspecified atom stereocenters. The molecule has 1 aliphatic carbocycles. The maximum Gasteiger partial charge on any atom is 0.236 e. The Morgan fingerprint density at radius 3 is 3.05 bits per heavy atom. The number of amides is 1. The molecule has 1 fully saturated rings. The normalized spacial score (nSPS) is 15.7. The summed E-state index contributed by atoms with van der Waals surface area (Å²) in [6, 6.07) is 4.50. The number of thiophene rings is 1. The molecule has 3 rings (SSSR count). The molecular formula is C14H19N5OS2. The average molecular weight is 337 g/mol. The smallest absolute Gasteiger partial charge is 0.236 e. The Balaban J connectivity index is 1.63. The Hall–Kier alpha value is -1.41. The van der Waals surface area contributed by atoms with Gasteiger partial charge in [0.25, 0.3) is 0 Å². The Labute approximate surface area is 137 Å². The van der Waals surface area contributed by atoms with E-state index in [4.69, 9.17) is 0 Å². The van der Waals surface area contributed by atoms with Crippen LogP contribution in [0.2, 0.25) is 0 Å². The molecule has 1 saturated carbocycles. The zero-order chi connectivity index (χ0) is 15.5. The Bertz CT molecular complexity index is 623. The van der Waals surface area contributed by atoms with Crippen LogP contribution in [0.1, 0.15) is 37.6 Å². The van der Waals surface area contributed by atoms with E-state index >= 15 is 0 Å². The molecule has 0 saturated heterocycles. The van der Waals surface area contributed by atoms with Gasteiger partial charge in [0.2, 0.25) is 11.1 Å². The number of hydrogen-bond acceptors (Lipinski definition) is 6. The van der Waals surface area contributed by atoms with Gasteiger partial charge in [-0.1, -0.05) is 17.8 Å². The molecule has 0 N–H and O–H groups in total. The second kappa shape index (κ2) is 6.78. The quantitative estimate of drug-likeness (QED) is 0.727. The van der Waals surface area contributed by atoms with Gasteiger partial charge in [-0.3, -0.25) is 4.79 Å². The molecule has 1 atom stereocenters. The summed E-state index contributed by atoms with van der Waals surface area (Å²) in [6.45, 7) is 5.31. The zero-order valence-corrected chi connectivity index (χ0v) is 14.3. The molecule has 0 aromatic carbocycles. The standard InChI is InChI=1S/C14H19N5OS2/c1-3-18(9-12-5-4-8-21-12)13(20)10(2)22-14-15-16-17-19(14)11-6-7-11/h4-5,8,10-11H,3,6-7,9H2,1-2H3. The van der Waals surface area contributed by atoms with Crippen molar-refractivity contribution in [2.45, 2.75) is 49.7 Å². The highest BCUT2D eigenvalue weighted by atomic mass is 32.2. The fourth-order valence-corrected chi connectivity index (χ4v) is 3.88. The van der Waals surface area contributed by atoms with Crippen molar-refractivity contribution in [3.63, 3.8) is 0 Å². The van der Waals surface area contributed by atoms with Crippen molar-refractivity contribution in [3.05, 3.63) is 22.4 Å². The Morgan fingerprint density at radius 2 is 2.41 bits per heavy atom. The number of carbonyl (C=O) groups excluding carboxylic acids is 1. The number of hydrogen-bond donors (Lipinski definition) is 0. The molecule has 2 aromatic heterocycles. The minimum atomic E-state index is -0.191. The summed E-state index contributed by atoms with van der Waals surface area (Å²) in [7, 11) is 0. The lowest BCUT2D eigenvalue weighted by molar-refractivity contribution is -0.130. The largest absolute Gasteiger partial charge is 0.337 e. The Morgan fingerprint density at radius 1 is 1.59 bits per heavy atom. The first-order valence-corrected chi connectivity index (χ1v) is 9.20. The van der Waals surface area contributed by atoms with Crippen molar-refractivity contribution in [1.29, 1.82) is 0 Å². The first-order chi connectivity index (χ1) is 10.7. The molecule has 1 amide bonds. The minimum Gasteiger partial charge on any atom is -0.337 e. The van der Waals surface area contributed by atoms with E-state index in [-0.39, 0.29) is 11.2 Å². The molecule has 118 valence electrons. The van der Waals surface area contributed by atoms with Gasteiger partial charge in [0.05, 0.1) is 17.8 Å². The van der Waals surface area contributed by atoms with E-state index in [0.29, 0.717) is 19.1 Å². The van der Waals surface area contributed by atoms with Crippen molar-refractivity contribution in [3.8, 4) is 0 Å². The molecule has 8 heteroatoms. The fraction of sp³-hybridized carbons (Fsp3) is 0.571. The lowest BCUT2D eigenvalue weighted by Crippen LogP contribution is -2.35. The molecule has 0 bridgehead atoms. The minimum absolute atomic E-state index is 0.131. The van der Waals surface area contributed by atoms with Crippen LogP contribution in [0.5, 0.6) is 0 Å². The van der Waals surface area contributed by atoms with Crippen molar-refractivity contribution in [2.75, 3.05) is 6.54 Å². The molecule has 0 aliphatic heterocycles. The van der Waals surface area contributed by atoms with Crippen LogP contribution in [0.25, 0.3) is 0 Å². The Kier molecular flexibility index (Phi) is 4.77. The monoisotopic (exact) mass is 337 g/mol. The van der Waals surface area contributed by atoms with E-state index in [9.17, 15) is 4.79 Å². The highest BCUT2D eigenvalue weighted by Crippen LogP contribution is 2.37. The SMILES string of the molecule is CCN(Cc1cccs1)C(=O)C(C)Sc1nnnn1C1CC1. The van der Waals surface area contributed by atoms with E-state index < -0.39 is 0 Å². The number of nitrogens with zero attached hydrogens (tertiary/aromatic N) is 5. The van der Waals surface area contributed by atoms with Crippen LogP contribution in [0.4, 0.5) is 0 Å². The summed E-state index contributed by atoms with van der Waals surface area (Å²) < 4.78 is 1.85. The van der Waals surface area contributed by atoms with Gasteiger partial charge < -0.3 is 4.90 Å². The van der Waals surface area contributed by atoms with Gasteiger partial charge in [-0.05, 0) is 48.6 Å². The third-order valence-corrected chi connectivity index (χ3v) is 5.50. The fourth-order valence-electron chi connectivity index (χ4n) is 2.21. The zero-order valence-electron chi connectivity index (χ0n) is 12.7. The molecule has 1 aliphatic rings. The van der Waals surface area contributed by atoms with Crippen LogP contribution >= 0.6 is 23.1 Å². The van der Waals surface area contributed by atoms with Crippen LogP contribution in [0, 0.1) is 0 Å². The second-order valence-electron chi connectivity index (χ2n) is 5.33. The van der Waals surface area contributed by atoms with Crippen LogP contribution in [0.3, 0.4) is 0 Å². The van der Waals surface area contributed by atoms with Crippen LogP contribution < -0.4 is 0 Å². The van der Waals surface area contributed by atoms with Crippen molar-refractivity contribution in [2.24, 2.45) is 0 Å². The first kappa shape index (κ1) is 15.5. The van der Waals surface area contributed by atoms with Crippen LogP contribution in [0.15, 0.2) is 22.7 Å². The lowest BCUT2D eigenvalue weighted by atomic mass is 10.3. The van der Waals surface area contributed by atoms with E-state index in [2.05, 4.69) is 21.6 Å². The predicted octanol–water partition coefficient (Wildman–Crippen LogP) is 2.60. The van der Waals surface area contributed by atoms with Crippen LogP contribution in [-0.4, -0.2) is 42.8 Å². The molecule has 2 aromatic rings. The van der Waals surface area contributed by atoms with Gasteiger partial charge in [0.1, 0.15) is 0 Å². The maximum atomic E-state index is 12.7. The van der Waals surface area contributed by atoms with Gasteiger partial charge in [-0.2, -0.15) is 0 Å². The summed E-state index contributed by atoms with van der Waals surface area (Å²) in [4.78, 5) is 15.7. The van der Waals surface area contributed by atoms with Gasteiger partial charge in [0.15, 0.2) is 0 Å². The third kappa shape index (κ3) is 3.49. The van der Waals surface area contributed by atoms with Crippen molar-refractivity contribution < 1.29 is 4.79 Å². The first-order valence-electron chi connectivity index (χ1n) is 7.44.